The summed E-state index contributed by atoms with van der Waals surface area (Å²) >= 11 is 0. The lowest BCUT2D eigenvalue weighted by Gasteiger charge is -2.17. The van der Waals surface area contributed by atoms with E-state index in [2.05, 4.69) is 15.7 Å². The molecule has 8 heteroatoms. The molecule has 2 aliphatic rings. The van der Waals surface area contributed by atoms with Crippen LogP contribution in [0.3, 0.4) is 0 Å². The third-order valence-electron chi connectivity index (χ3n) is 3.92. The maximum absolute atomic E-state index is 12.4. The number of amides is 2. The van der Waals surface area contributed by atoms with Gasteiger partial charge >= 0.3 is 0 Å². The summed E-state index contributed by atoms with van der Waals surface area (Å²) in [7, 11) is 1.82. The molecule has 2 amide bonds. The lowest BCUT2D eigenvalue weighted by molar-refractivity contribution is -0.125. The van der Waals surface area contributed by atoms with E-state index in [9.17, 15) is 9.59 Å². The van der Waals surface area contributed by atoms with Crippen LogP contribution < -0.4 is 15.5 Å². The molecule has 2 N–H and O–H groups in total. The molecule has 1 unspecified atom stereocenters. The van der Waals surface area contributed by atoms with Crippen LogP contribution in [0.2, 0.25) is 0 Å². The van der Waals surface area contributed by atoms with E-state index in [1.54, 1.807) is 9.58 Å². The Bertz CT molecular complexity index is 570. The van der Waals surface area contributed by atoms with E-state index in [4.69, 9.17) is 0 Å². The second-order valence-corrected chi connectivity index (χ2v) is 5.82. The molecule has 3 rings (SSSR count). The quantitative estimate of drug-likeness (QED) is 0.805. The number of halogens is 1. The maximum atomic E-state index is 12.4. The fraction of sp³-hybridized carbons (Fsp3) is 0.643. The highest BCUT2D eigenvalue weighted by Crippen LogP contribution is 2.22. The first-order valence-corrected chi connectivity index (χ1v) is 7.39. The van der Waals surface area contributed by atoms with Gasteiger partial charge in [-0.2, -0.15) is 5.10 Å². The van der Waals surface area contributed by atoms with Crippen molar-refractivity contribution in [1.82, 2.24) is 20.4 Å². The molecule has 122 valence electrons. The normalized spacial score (nSPS) is 20.9. The van der Waals surface area contributed by atoms with Crippen molar-refractivity contribution in [2.75, 3.05) is 18.0 Å². The summed E-state index contributed by atoms with van der Waals surface area (Å²) in [4.78, 5) is 25.9. The molecule has 1 aliphatic carbocycles. The van der Waals surface area contributed by atoms with Gasteiger partial charge in [0.15, 0.2) is 0 Å². The second-order valence-electron chi connectivity index (χ2n) is 5.82. The average molecular weight is 328 g/mol. The van der Waals surface area contributed by atoms with Crippen LogP contribution in [0.5, 0.6) is 0 Å². The topological polar surface area (TPSA) is 79.3 Å². The highest BCUT2D eigenvalue weighted by Gasteiger charge is 2.35. The van der Waals surface area contributed by atoms with E-state index < -0.39 is 6.04 Å². The van der Waals surface area contributed by atoms with Crippen LogP contribution in [0.1, 0.15) is 25.0 Å². The summed E-state index contributed by atoms with van der Waals surface area (Å²) in [6.45, 7) is 2.80. The van der Waals surface area contributed by atoms with Crippen LogP contribution in [0.4, 0.5) is 5.82 Å². The Balaban J connectivity index is 0.00000176. The van der Waals surface area contributed by atoms with Crippen LogP contribution in [0.15, 0.2) is 6.07 Å². The standard InChI is InChI=1S/C14H21N5O2.ClH/c1-9-7-13(18(2)17-9)19-6-5-11(14(19)21)16-12(20)8-15-10-3-4-10;/h7,10-11,15H,3-6,8H2,1-2H3,(H,16,20);1H. The van der Waals surface area contributed by atoms with Crippen LogP contribution in [0, 0.1) is 6.92 Å². The molecule has 0 aromatic carbocycles. The highest BCUT2D eigenvalue weighted by atomic mass is 35.5. The molecule has 2 fully saturated rings. The average Bonchev–Trinajstić information content (AvgIpc) is 3.12. The predicted octanol–water partition coefficient (Wildman–Crippen LogP) is 0.124. The minimum Gasteiger partial charge on any atom is -0.343 e. The first kappa shape index (κ1) is 16.8. The van der Waals surface area contributed by atoms with E-state index >= 15 is 0 Å². The number of hydrogen-bond acceptors (Lipinski definition) is 4. The number of aryl methyl sites for hydroxylation is 2. The third-order valence-corrected chi connectivity index (χ3v) is 3.92. The van der Waals surface area contributed by atoms with E-state index in [-0.39, 0.29) is 24.2 Å². The van der Waals surface area contributed by atoms with Crippen LogP contribution in [-0.4, -0.2) is 46.8 Å². The zero-order valence-corrected chi connectivity index (χ0v) is 13.7. The molecule has 0 spiro atoms. The van der Waals surface area contributed by atoms with Crippen molar-refractivity contribution < 1.29 is 9.59 Å². The Hall–Kier alpha value is -1.60. The van der Waals surface area contributed by atoms with Gasteiger partial charge in [-0.05, 0) is 26.2 Å². The number of anilines is 1. The number of nitrogens with one attached hydrogen (secondary N) is 2. The van der Waals surface area contributed by atoms with E-state index in [1.165, 1.54) is 0 Å². The molecule has 2 heterocycles. The SMILES string of the molecule is Cc1cc(N2CCC(NC(=O)CNC3CC3)C2=O)n(C)n1.Cl. The first-order chi connectivity index (χ1) is 10.0. The van der Waals surface area contributed by atoms with Gasteiger partial charge in [0.1, 0.15) is 11.9 Å². The predicted molar refractivity (Wildman–Crippen MR) is 85.1 cm³/mol. The molecular formula is C14H22ClN5O2. The van der Waals surface area contributed by atoms with E-state index in [1.807, 2.05) is 20.0 Å². The third kappa shape index (κ3) is 3.59. The summed E-state index contributed by atoms with van der Waals surface area (Å²) in [5.41, 5.74) is 0.876. The molecule has 1 saturated heterocycles. The molecule has 0 radical (unpaired) electrons. The number of hydrogen-bond donors (Lipinski definition) is 2. The zero-order valence-electron chi connectivity index (χ0n) is 12.8. The van der Waals surface area contributed by atoms with E-state index in [0.717, 1.165) is 24.4 Å². The number of carbonyl (C=O) groups excluding carboxylic acids is 2. The van der Waals surface area contributed by atoms with Gasteiger partial charge in [-0.1, -0.05) is 0 Å². The van der Waals surface area contributed by atoms with Gasteiger partial charge in [-0.15, -0.1) is 12.4 Å². The molecule has 0 bridgehead atoms. The number of carbonyl (C=O) groups is 2. The lowest BCUT2D eigenvalue weighted by atomic mass is 10.2. The minimum absolute atomic E-state index is 0. The summed E-state index contributed by atoms with van der Waals surface area (Å²) in [6.07, 6.45) is 2.92. The summed E-state index contributed by atoms with van der Waals surface area (Å²) < 4.78 is 1.70. The Kier molecular flexibility index (Phi) is 5.08. The molecule has 22 heavy (non-hydrogen) atoms. The largest absolute Gasteiger partial charge is 0.343 e. The Labute approximate surface area is 135 Å². The molecule has 1 saturated carbocycles. The zero-order chi connectivity index (χ0) is 15.0. The number of nitrogens with zero attached hydrogens (tertiary/aromatic N) is 3. The Morgan fingerprint density at radius 3 is 2.73 bits per heavy atom. The second kappa shape index (κ2) is 6.66. The smallest absolute Gasteiger partial charge is 0.250 e. The molecular weight excluding hydrogens is 306 g/mol. The summed E-state index contributed by atoms with van der Waals surface area (Å²) in [5.74, 6) is 0.617. The number of rotatable bonds is 5. The monoisotopic (exact) mass is 327 g/mol. The lowest BCUT2D eigenvalue weighted by Crippen LogP contribution is -2.45. The van der Waals surface area contributed by atoms with Gasteiger partial charge < -0.3 is 10.6 Å². The van der Waals surface area contributed by atoms with E-state index in [0.29, 0.717) is 25.6 Å². The van der Waals surface area contributed by atoms with Gasteiger partial charge in [-0.25, -0.2) is 0 Å². The summed E-state index contributed by atoms with van der Waals surface area (Å²) in [5, 5.41) is 10.2. The molecule has 1 aliphatic heterocycles. The highest BCUT2D eigenvalue weighted by molar-refractivity contribution is 6.00. The van der Waals surface area contributed by atoms with Crippen LogP contribution in [-0.2, 0) is 16.6 Å². The van der Waals surface area contributed by atoms with Crippen LogP contribution in [0.25, 0.3) is 0 Å². The molecule has 1 aromatic rings. The molecule has 7 nitrogen and oxygen atoms in total. The van der Waals surface area contributed by atoms with Gasteiger partial charge in [0.25, 0.3) is 5.91 Å². The maximum Gasteiger partial charge on any atom is 0.250 e. The van der Waals surface area contributed by atoms with Crippen LogP contribution >= 0.6 is 12.4 Å². The number of aromatic nitrogens is 2. The minimum atomic E-state index is -0.422. The Morgan fingerprint density at radius 2 is 2.14 bits per heavy atom. The fourth-order valence-corrected chi connectivity index (χ4v) is 2.66. The first-order valence-electron chi connectivity index (χ1n) is 7.39. The molecule has 1 atom stereocenters. The van der Waals surface area contributed by atoms with Crippen molar-refractivity contribution in [3.05, 3.63) is 11.8 Å². The molecule has 1 aromatic heterocycles. The summed E-state index contributed by atoms with van der Waals surface area (Å²) in [6, 6.07) is 1.95. The van der Waals surface area contributed by atoms with Crippen molar-refractivity contribution >= 4 is 30.0 Å². The fourth-order valence-electron chi connectivity index (χ4n) is 2.66. The van der Waals surface area contributed by atoms with Gasteiger partial charge in [0.2, 0.25) is 5.91 Å². The van der Waals surface area contributed by atoms with Crippen molar-refractivity contribution in [2.24, 2.45) is 7.05 Å². The van der Waals surface area contributed by atoms with Crippen molar-refractivity contribution in [3.8, 4) is 0 Å². The van der Waals surface area contributed by atoms with Crippen molar-refractivity contribution in [2.45, 2.75) is 38.3 Å². The van der Waals surface area contributed by atoms with Crippen molar-refractivity contribution in [3.63, 3.8) is 0 Å². The van der Waals surface area contributed by atoms with Crippen molar-refractivity contribution in [1.29, 1.82) is 0 Å². The van der Waals surface area contributed by atoms with Gasteiger partial charge in [-0.3, -0.25) is 19.2 Å². The van der Waals surface area contributed by atoms with Gasteiger partial charge in [0.05, 0.1) is 12.2 Å². The Morgan fingerprint density at radius 1 is 1.41 bits per heavy atom. The van der Waals surface area contributed by atoms with Gasteiger partial charge in [0, 0.05) is 25.7 Å².